The standard InChI is InChI=1S/C17H26N2/c1-18(2)11-9-14-13-15(10-12-19(3)4)17-8-6-5-7-16(14)17/h5-8,13-14H,9-12H2,1-4H3. The van der Waals surface area contributed by atoms with Crippen molar-refractivity contribution in [3.63, 3.8) is 0 Å². The fourth-order valence-electron chi connectivity index (χ4n) is 2.73. The van der Waals surface area contributed by atoms with Gasteiger partial charge in [0.1, 0.15) is 0 Å². The lowest BCUT2D eigenvalue weighted by atomic mass is 9.97. The van der Waals surface area contributed by atoms with Crippen LogP contribution in [0.1, 0.15) is 29.9 Å². The highest BCUT2D eigenvalue weighted by molar-refractivity contribution is 5.74. The van der Waals surface area contributed by atoms with Crippen molar-refractivity contribution in [3.8, 4) is 0 Å². The summed E-state index contributed by atoms with van der Waals surface area (Å²) in [6.45, 7) is 2.27. The fraction of sp³-hybridized carbons (Fsp3) is 0.529. The van der Waals surface area contributed by atoms with E-state index >= 15 is 0 Å². The van der Waals surface area contributed by atoms with Gasteiger partial charge in [-0.05, 0) is 64.3 Å². The van der Waals surface area contributed by atoms with Crippen LogP contribution in [0.25, 0.3) is 5.57 Å². The number of nitrogens with zero attached hydrogens (tertiary/aromatic N) is 2. The van der Waals surface area contributed by atoms with Crippen LogP contribution in [-0.4, -0.2) is 51.1 Å². The molecule has 0 heterocycles. The lowest BCUT2D eigenvalue weighted by Gasteiger charge is -2.14. The van der Waals surface area contributed by atoms with E-state index < -0.39 is 0 Å². The topological polar surface area (TPSA) is 6.48 Å². The maximum Gasteiger partial charge on any atom is 0.00421 e. The summed E-state index contributed by atoms with van der Waals surface area (Å²) in [5, 5.41) is 0. The predicted molar refractivity (Wildman–Crippen MR) is 83.5 cm³/mol. The zero-order chi connectivity index (χ0) is 13.8. The van der Waals surface area contributed by atoms with Gasteiger partial charge in [-0.2, -0.15) is 0 Å². The summed E-state index contributed by atoms with van der Waals surface area (Å²) in [6, 6.07) is 8.92. The summed E-state index contributed by atoms with van der Waals surface area (Å²) in [5.74, 6) is 0.607. The molecule has 0 spiro atoms. The van der Waals surface area contributed by atoms with E-state index in [-0.39, 0.29) is 0 Å². The molecule has 0 bridgehead atoms. The maximum atomic E-state index is 2.50. The van der Waals surface area contributed by atoms with Crippen LogP contribution in [-0.2, 0) is 0 Å². The van der Waals surface area contributed by atoms with Crippen LogP contribution in [0.15, 0.2) is 30.3 Å². The Kier molecular flexibility index (Phi) is 4.78. The molecule has 1 aromatic rings. The van der Waals surface area contributed by atoms with Crippen molar-refractivity contribution in [1.29, 1.82) is 0 Å². The Hall–Kier alpha value is -1.12. The fourth-order valence-corrected chi connectivity index (χ4v) is 2.73. The van der Waals surface area contributed by atoms with E-state index in [2.05, 4.69) is 68.3 Å². The highest BCUT2D eigenvalue weighted by Crippen LogP contribution is 2.39. The van der Waals surface area contributed by atoms with Gasteiger partial charge >= 0.3 is 0 Å². The van der Waals surface area contributed by atoms with Crippen LogP contribution in [0.5, 0.6) is 0 Å². The Morgan fingerprint density at radius 2 is 1.63 bits per heavy atom. The molecule has 1 aliphatic rings. The maximum absolute atomic E-state index is 2.50. The second kappa shape index (κ2) is 6.36. The minimum absolute atomic E-state index is 0.607. The molecule has 104 valence electrons. The quantitative estimate of drug-likeness (QED) is 0.774. The monoisotopic (exact) mass is 258 g/mol. The first-order chi connectivity index (χ1) is 9.08. The molecule has 2 nitrogen and oxygen atoms in total. The highest BCUT2D eigenvalue weighted by atomic mass is 15.1. The summed E-state index contributed by atoms with van der Waals surface area (Å²) >= 11 is 0. The molecule has 0 aliphatic heterocycles. The van der Waals surface area contributed by atoms with Crippen LogP contribution < -0.4 is 0 Å². The van der Waals surface area contributed by atoms with Crippen molar-refractivity contribution in [1.82, 2.24) is 9.80 Å². The van der Waals surface area contributed by atoms with E-state index in [1.165, 1.54) is 23.1 Å². The summed E-state index contributed by atoms with van der Waals surface area (Å²) in [6.07, 6.45) is 4.87. The number of allylic oxidation sites excluding steroid dienone is 1. The third-order valence-electron chi connectivity index (χ3n) is 3.82. The molecule has 1 atom stereocenters. The minimum atomic E-state index is 0.607. The lowest BCUT2D eigenvalue weighted by Crippen LogP contribution is -2.14. The predicted octanol–water partition coefficient (Wildman–Crippen LogP) is 3.07. The van der Waals surface area contributed by atoms with Gasteiger partial charge in [-0.25, -0.2) is 0 Å². The first-order valence-corrected chi connectivity index (χ1v) is 7.17. The highest BCUT2D eigenvalue weighted by Gasteiger charge is 2.22. The van der Waals surface area contributed by atoms with Gasteiger partial charge in [0.25, 0.3) is 0 Å². The molecule has 1 aromatic carbocycles. The Bertz CT molecular complexity index is 446. The molecule has 0 radical (unpaired) electrons. The van der Waals surface area contributed by atoms with Gasteiger partial charge in [-0.15, -0.1) is 0 Å². The number of rotatable bonds is 6. The van der Waals surface area contributed by atoms with Gasteiger partial charge in [-0.1, -0.05) is 30.3 Å². The van der Waals surface area contributed by atoms with Crippen molar-refractivity contribution in [2.24, 2.45) is 0 Å². The smallest absolute Gasteiger partial charge is 0.00421 e. The summed E-state index contributed by atoms with van der Waals surface area (Å²) < 4.78 is 0. The molecule has 0 saturated carbocycles. The summed E-state index contributed by atoms with van der Waals surface area (Å²) in [7, 11) is 8.59. The van der Waals surface area contributed by atoms with E-state index in [9.17, 15) is 0 Å². The molecule has 0 saturated heterocycles. The van der Waals surface area contributed by atoms with E-state index in [0.717, 1.165) is 19.5 Å². The van der Waals surface area contributed by atoms with Crippen molar-refractivity contribution in [2.75, 3.05) is 41.3 Å². The Balaban J connectivity index is 2.12. The van der Waals surface area contributed by atoms with Crippen molar-refractivity contribution < 1.29 is 0 Å². The van der Waals surface area contributed by atoms with Crippen LogP contribution in [0.2, 0.25) is 0 Å². The number of benzene rings is 1. The molecule has 0 amide bonds. The van der Waals surface area contributed by atoms with Crippen LogP contribution in [0.3, 0.4) is 0 Å². The molecule has 2 heteroatoms. The normalized spacial score (nSPS) is 18.0. The third-order valence-corrected chi connectivity index (χ3v) is 3.82. The average molecular weight is 258 g/mol. The molecule has 0 aromatic heterocycles. The third kappa shape index (κ3) is 3.68. The Morgan fingerprint density at radius 3 is 2.32 bits per heavy atom. The minimum Gasteiger partial charge on any atom is -0.309 e. The lowest BCUT2D eigenvalue weighted by molar-refractivity contribution is 0.393. The van der Waals surface area contributed by atoms with Gasteiger partial charge in [-0.3, -0.25) is 0 Å². The van der Waals surface area contributed by atoms with Crippen LogP contribution in [0, 0.1) is 0 Å². The molecule has 0 fully saturated rings. The van der Waals surface area contributed by atoms with Gasteiger partial charge in [0.05, 0.1) is 0 Å². The van der Waals surface area contributed by atoms with E-state index in [4.69, 9.17) is 0 Å². The molecule has 19 heavy (non-hydrogen) atoms. The van der Waals surface area contributed by atoms with Gasteiger partial charge in [0, 0.05) is 12.5 Å². The zero-order valence-electron chi connectivity index (χ0n) is 12.7. The van der Waals surface area contributed by atoms with Crippen molar-refractivity contribution in [2.45, 2.75) is 18.8 Å². The van der Waals surface area contributed by atoms with Gasteiger partial charge in [0.15, 0.2) is 0 Å². The molecule has 2 rings (SSSR count). The second-order valence-electron chi connectivity index (χ2n) is 6.03. The van der Waals surface area contributed by atoms with E-state index in [1.54, 1.807) is 0 Å². The zero-order valence-corrected chi connectivity index (χ0v) is 12.7. The summed E-state index contributed by atoms with van der Waals surface area (Å²) in [5.41, 5.74) is 4.54. The van der Waals surface area contributed by atoms with Crippen molar-refractivity contribution >= 4 is 5.57 Å². The van der Waals surface area contributed by atoms with Gasteiger partial charge in [0.2, 0.25) is 0 Å². The molecule has 1 aliphatic carbocycles. The first-order valence-electron chi connectivity index (χ1n) is 7.17. The van der Waals surface area contributed by atoms with Crippen molar-refractivity contribution in [3.05, 3.63) is 41.5 Å². The van der Waals surface area contributed by atoms with E-state index in [0.29, 0.717) is 5.92 Å². The number of hydrogen-bond acceptors (Lipinski definition) is 2. The average Bonchev–Trinajstić information content (AvgIpc) is 2.72. The van der Waals surface area contributed by atoms with Crippen LogP contribution >= 0.6 is 0 Å². The SMILES string of the molecule is CN(C)CCC1=CC(CCN(C)C)c2ccccc21. The largest absolute Gasteiger partial charge is 0.309 e. The Morgan fingerprint density at radius 1 is 0.947 bits per heavy atom. The molecular weight excluding hydrogens is 232 g/mol. The molecule has 1 unspecified atom stereocenters. The second-order valence-corrected chi connectivity index (χ2v) is 6.03. The number of hydrogen-bond donors (Lipinski definition) is 0. The summed E-state index contributed by atoms with van der Waals surface area (Å²) in [4.78, 5) is 4.53. The first kappa shape index (κ1) is 14.3. The molecule has 0 N–H and O–H groups in total. The van der Waals surface area contributed by atoms with Gasteiger partial charge < -0.3 is 9.80 Å². The Labute approximate surface area is 117 Å². The number of fused-ring (bicyclic) bond motifs is 1. The molecular formula is C17H26N2. The van der Waals surface area contributed by atoms with Crippen LogP contribution in [0.4, 0.5) is 0 Å². The van der Waals surface area contributed by atoms with E-state index in [1.807, 2.05) is 0 Å².